The molecule has 31 heavy (non-hydrogen) atoms. The van der Waals surface area contributed by atoms with E-state index < -0.39 is 41.6 Å². The van der Waals surface area contributed by atoms with E-state index in [0.29, 0.717) is 0 Å². The molecule has 168 valence electrons. The second-order valence-corrected chi connectivity index (χ2v) is 9.53. The summed E-state index contributed by atoms with van der Waals surface area (Å²) in [4.78, 5) is 0. The molecule has 2 aromatic rings. The molecule has 2 atom stereocenters. The lowest BCUT2D eigenvalue weighted by Gasteiger charge is -2.39. The molecule has 0 saturated carbocycles. The molecule has 2 unspecified atom stereocenters. The lowest BCUT2D eigenvalue weighted by Crippen LogP contribution is -2.59. The largest absolute Gasteiger partial charge is 0.443 e. The molecule has 0 aromatic heterocycles. The fourth-order valence-electron chi connectivity index (χ4n) is 2.51. The quantitative estimate of drug-likeness (QED) is 0.304. The maximum Gasteiger partial charge on any atom is 0.367 e. The second kappa shape index (κ2) is 8.81. The van der Waals surface area contributed by atoms with E-state index in [0.717, 1.165) is 13.8 Å². The van der Waals surface area contributed by atoms with Gasteiger partial charge in [-0.3, -0.25) is 13.8 Å². The van der Waals surface area contributed by atoms with Gasteiger partial charge >= 0.3 is 30.5 Å². The summed E-state index contributed by atoms with van der Waals surface area (Å²) < 4.78 is 86.1. The Bertz CT molecular complexity index is 1070. The van der Waals surface area contributed by atoms with Gasteiger partial charge in [0.15, 0.2) is 0 Å². The molecule has 0 aliphatic heterocycles. The molecule has 2 rings (SSSR count). The van der Waals surface area contributed by atoms with Crippen molar-refractivity contribution in [3.63, 3.8) is 0 Å². The summed E-state index contributed by atoms with van der Waals surface area (Å²) in [6.07, 6.45) is 0. The molecule has 9 nitrogen and oxygen atoms in total. The van der Waals surface area contributed by atoms with Crippen LogP contribution >= 0.6 is 0 Å². The van der Waals surface area contributed by atoms with Crippen molar-refractivity contribution in [2.24, 2.45) is 0 Å². The highest BCUT2D eigenvalue weighted by Crippen LogP contribution is 2.40. The van der Waals surface area contributed by atoms with E-state index in [1.54, 1.807) is 12.1 Å². The topological polar surface area (TPSA) is 136 Å². The standard InChI is InChI=1S/C20H22O9S2/c1-15(2)19(30(21,22)23,27-17-11-7-5-8-12-17)29-20(16(3)4,31(24,25)26)28-18-13-9-6-10-14-18/h5-14H,1,3H2,2,4H3,(H,21,22,23)(H,24,25,26). The van der Waals surface area contributed by atoms with Gasteiger partial charge in [0.1, 0.15) is 11.5 Å². The Morgan fingerprint density at radius 3 is 1.23 bits per heavy atom. The van der Waals surface area contributed by atoms with Gasteiger partial charge in [0.25, 0.3) is 0 Å². The number of rotatable bonds is 10. The van der Waals surface area contributed by atoms with Gasteiger partial charge in [0.2, 0.25) is 0 Å². The Kier molecular flexibility index (Phi) is 6.98. The van der Waals surface area contributed by atoms with Gasteiger partial charge in [-0.05, 0) is 38.1 Å². The summed E-state index contributed by atoms with van der Waals surface area (Å²) in [6.45, 7) is 9.18. The first-order chi connectivity index (χ1) is 14.3. The Morgan fingerprint density at radius 1 is 0.710 bits per heavy atom. The number of benzene rings is 2. The Balaban J connectivity index is 2.78. The van der Waals surface area contributed by atoms with Gasteiger partial charge in [-0.25, -0.2) is 0 Å². The number of hydrogen-bond acceptors (Lipinski definition) is 7. The summed E-state index contributed by atoms with van der Waals surface area (Å²) in [5.41, 5.74) is -0.936. The van der Waals surface area contributed by atoms with Crippen molar-refractivity contribution in [2.75, 3.05) is 0 Å². The smallest absolute Gasteiger partial charge is 0.367 e. The molecule has 0 saturated heterocycles. The Morgan fingerprint density at radius 2 is 1.00 bits per heavy atom. The van der Waals surface area contributed by atoms with E-state index in [1.165, 1.54) is 48.5 Å². The first-order valence-electron chi connectivity index (χ1n) is 8.69. The maximum atomic E-state index is 12.5. The third kappa shape index (κ3) is 4.97. The highest BCUT2D eigenvalue weighted by molar-refractivity contribution is 7.88. The lowest BCUT2D eigenvalue weighted by molar-refractivity contribution is -0.205. The van der Waals surface area contributed by atoms with Crippen LogP contribution in [0.5, 0.6) is 11.5 Å². The SMILES string of the molecule is C=C(C)C(Oc1ccccc1)(OC(Oc1ccccc1)(C(=C)C)S(=O)(=O)O)S(=O)(=O)O. The van der Waals surface area contributed by atoms with Crippen molar-refractivity contribution in [2.45, 2.75) is 24.1 Å². The van der Waals surface area contributed by atoms with Gasteiger partial charge in [0, 0.05) is 11.1 Å². The van der Waals surface area contributed by atoms with E-state index in [4.69, 9.17) is 14.2 Å². The number of ether oxygens (including phenoxy) is 3. The normalized spacial score (nSPS) is 15.9. The van der Waals surface area contributed by atoms with Crippen LogP contribution in [0.3, 0.4) is 0 Å². The summed E-state index contributed by atoms with van der Waals surface area (Å²) in [5, 5.41) is -6.39. The van der Waals surface area contributed by atoms with Crippen molar-refractivity contribution in [1.82, 2.24) is 0 Å². The van der Waals surface area contributed by atoms with Gasteiger partial charge < -0.3 is 9.47 Å². The van der Waals surface area contributed by atoms with Crippen LogP contribution in [-0.2, 0) is 25.0 Å². The fraction of sp³-hybridized carbons (Fsp3) is 0.200. The van der Waals surface area contributed by atoms with Crippen LogP contribution in [-0.4, -0.2) is 36.2 Å². The molecule has 0 bridgehead atoms. The van der Waals surface area contributed by atoms with E-state index in [1.807, 2.05) is 0 Å². The molecule has 0 fully saturated rings. The molecular formula is C20H22O9S2. The second-order valence-electron chi connectivity index (χ2n) is 6.56. The van der Waals surface area contributed by atoms with E-state index in [2.05, 4.69) is 13.2 Å². The minimum absolute atomic E-state index is 0.117. The summed E-state index contributed by atoms with van der Waals surface area (Å²) >= 11 is 0. The Labute approximate surface area is 181 Å². The highest BCUT2D eigenvalue weighted by atomic mass is 32.2. The first kappa shape index (κ1) is 24.6. The van der Waals surface area contributed by atoms with Crippen LogP contribution < -0.4 is 9.47 Å². The first-order valence-corrected chi connectivity index (χ1v) is 11.6. The van der Waals surface area contributed by atoms with E-state index in [9.17, 15) is 25.9 Å². The van der Waals surface area contributed by atoms with Crippen LogP contribution in [0.25, 0.3) is 0 Å². The monoisotopic (exact) mass is 470 g/mol. The van der Waals surface area contributed by atoms with E-state index in [-0.39, 0.29) is 11.5 Å². The average molecular weight is 471 g/mol. The number of hydrogen-bond donors (Lipinski definition) is 2. The van der Waals surface area contributed by atoms with Crippen molar-refractivity contribution < 1.29 is 40.2 Å². The molecule has 11 heteroatoms. The van der Waals surface area contributed by atoms with Crippen molar-refractivity contribution in [1.29, 1.82) is 0 Å². The molecule has 0 amide bonds. The zero-order chi connectivity index (χ0) is 23.5. The van der Waals surface area contributed by atoms with Crippen molar-refractivity contribution in [3.8, 4) is 11.5 Å². The molecule has 0 aliphatic rings. The van der Waals surface area contributed by atoms with Gasteiger partial charge in [-0.15, -0.1) is 0 Å². The van der Waals surface area contributed by atoms with E-state index >= 15 is 0 Å². The molecule has 0 spiro atoms. The average Bonchev–Trinajstić information content (AvgIpc) is 2.66. The zero-order valence-corrected chi connectivity index (χ0v) is 18.4. The molecule has 2 aromatic carbocycles. The predicted molar refractivity (Wildman–Crippen MR) is 113 cm³/mol. The van der Waals surface area contributed by atoms with Crippen LogP contribution in [0.15, 0.2) is 85.0 Å². The maximum absolute atomic E-state index is 12.5. The summed E-state index contributed by atoms with van der Waals surface area (Å²) in [7, 11) is -10.8. The third-order valence-corrected chi connectivity index (χ3v) is 6.37. The molecule has 0 aliphatic carbocycles. The summed E-state index contributed by atoms with van der Waals surface area (Å²) in [6, 6.07) is 14.5. The predicted octanol–water partition coefficient (Wildman–Crippen LogP) is 3.40. The van der Waals surface area contributed by atoms with Crippen molar-refractivity contribution in [3.05, 3.63) is 85.0 Å². The lowest BCUT2D eigenvalue weighted by atomic mass is 10.3. The van der Waals surface area contributed by atoms with Crippen LogP contribution in [0.2, 0.25) is 0 Å². The number of para-hydroxylation sites is 2. The minimum atomic E-state index is -5.38. The summed E-state index contributed by atoms with van der Waals surface area (Å²) in [5.74, 6) is -0.234. The highest BCUT2D eigenvalue weighted by Gasteiger charge is 2.61. The van der Waals surface area contributed by atoms with Gasteiger partial charge in [-0.2, -0.15) is 16.8 Å². The van der Waals surface area contributed by atoms with Gasteiger partial charge in [-0.1, -0.05) is 49.6 Å². The van der Waals surface area contributed by atoms with Gasteiger partial charge in [0.05, 0.1) is 0 Å². The zero-order valence-electron chi connectivity index (χ0n) is 16.8. The molecule has 0 heterocycles. The van der Waals surface area contributed by atoms with Crippen LogP contribution in [0.1, 0.15) is 13.8 Å². The van der Waals surface area contributed by atoms with Crippen molar-refractivity contribution >= 4 is 20.2 Å². The fourth-order valence-corrected chi connectivity index (χ4v) is 4.29. The van der Waals surface area contributed by atoms with Crippen LogP contribution in [0, 0.1) is 0 Å². The Hall–Kier alpha value is -2.70. The molecule has 0 radical (unpaired) electrons. The minimum Gasteiger partial charge on any atom is -0.443 e. The third-order valence-electron chi connectivity index (χ3n) is 3.98. The molecule has 2 N–H and O–H groups in total. The molecular weight excluding hydrogens is 448 g/mol. The van der Waals surface area contributed by atoms with Crippen LogP contribution in [0.4, 0.5) is 0 Å².